The Balaban J connectivity index is 2.87. The largest absolute Gasteiger partial charge is 0.398 e. The summed E-state index contributed by atoms with van der Waals surface area (Å²) < 4.78 is 30.9. The summed E-state index contributed by atoms with van der Waals surface area (Å²) in [5.41, 5.74) is 5.65. The number of rotatable bonds is 2. The van der Waals surface area contributed by atoms with Crippen LogP contribution in [0.25, 0.3) is 10.8 Å². The summed E-state index contributed by atoms with van der Waals surface area (Å²) in [5.74, 6) is 0. The zero-order chi connectivity index (χ0) is 13.5. The first-order chi connectivity index (χ1) is 8.30. The summed E-state index contributed by atoms with van der Waals surface area (Å²) in [5, 5.41) is 11.2. The van der Waals surface area contributed by atoms with Crippen molar-refractivity contribution in [2.45, 2.75) is 4.90 Å². The van der Waals surface area contributed by atoms with Crippen LogP contribution in [-0.2, 0) is 10.1 Å². The van der Waals surface area contributed by atoms with E-state index in [0.29, 0.717) is 0 Å². The van der Waals surface area contributed by atoms with Crippen LogP contribution in [0.1, 0.15) is 0 Å². The van der Waals surface area contributed by atoms with Crippen LogP contribution in [0.2, 0.25) is 0 Å². The number of benzene rings is 2. The normalized spacial score (nSPS) is 11.6. The van der Waals surface area contributed by atoms with E-state index >= 15 is 0 Å². The van der Waals surface area contributed by atoms with Crippen molar-refractivity contribution in [3.05, 3.63) is 40.4 Å². The number of nitro benzene ring substituents is 1. The van der Waals surface area contributed by atoms with Crippen LogP contribution < -0.4 is 5.73 Å². The molecule has 94 valence electrons. The molecule has 0 bridgehead atoms. The summed E-state index contributed by atoms with van der Waals surface area (Å²) in [6.07, 6.45) is 0. The molecule has 0 spiro atoms. The van der Waals surface area contributed by atoms with E-state index in [1.165, 1.54) is 18.2 Å². The molecule has 0 heterocycles. The second-order valence-corrected chi connectivity index (χ2v) is 5.04. The number of nitrogens with zero attached hydrogens (tertiary/aromatic N) is 1. The van der Waals surface area contributed by atoms with E-state index in [9.17, 15) is 18.5 Å². The van der Waals surface area contributed by atoms with E-state index in [4.69, 9.17) is 10.3 Å². The predicted molar refractivity (Wildman–Crippen MR) is 64.8 cm³/mol. The predicted octanol–water partition coefficient (Wildman–Crippen LogP) is 1.58. The molecule has 0 aliphatic heterocycles. The van der Waals surface area contributed by atoms with Crippen LogP contribution in [0.5, 0.6) is 0 Å². The highest BCUT2D eigenvalue weighted by molar-refractivity contribution is 7.85. The fourth-order valence-corrected chi connectivity index (χ4v) is 2.16. The Hall–Kier alpha value is -2.19. The third kappa shape index (κ3) is 1.98. The molecule has 0 saturated heterocycles. The van der Waals surface area contributed by atoms with E-state index in [1.807, 2.05) is 0 Å². The van der Waals surface area contributed by atoms with Crippen molar-refractivity contribution in [1.29, 1.82) is 0 Å². The molecule has 3 N–H and O–H groups in total. The minimum absolute atomic E-state index is 0.180. The standard InChI is InChI=1S/C10H8N2O5S/c11-9-3-4-10(12(13)14)7-2-1-6(5-8(7)9)18(15,16)17/h1-5H,11H2,(H,15,16,17). The Morgan fingerprint density at radius 1 is 1.17 bits per heavy atom. The van der Waals surface area contributed by atoms with Crippen molar-refractivity contribution in [2.75, 3.05) is 5.73 Å². The first kappa shape index (κ1) is 12.3. The van der Waals surface area contributed by atoms with Crippen LogP contribution in [-0.4, -0.2) is 17.9 Å². The van der Waals surface area contributed by atoms with Crippen LogP contribution in [0, 0.1) is 10.1 Å². The highest BCUT2D eigenvalue weighted by Gasteiger charge is 2.16. The molecule has 0 saturated carbocycles. The average molecular weight is 268 g/mol. The molecule has 0 aliphatic carbocycles. The van der Waals surface area contributed by atoms with Gasteiger partial charge in [0.15, 0.2) is 0 Å². The fourth-order valence-electron chi connectivity index (χ4n) is 1.65. The van der Waals surface area contributed by atoms with Gasteiger partial charge in [-0.1, -0.05) is 0 Å². The van der Waals surface area contributed by atoms with Crippen LogP contribution in [0.4, 0.5) is 11.4 Å². The smallest absolute Gasteiger partial charge is 0.294 e. The van der Waals surface area contributed by atoms with Crippen molar-refractivity contribution in [1.82, 2.24) is 0 Å². The SMILES string of the molecule is Nc1ccc([N+](=O)[O-])c2ccc(S(=O)(=O)O)cc12. The molecule has 7 nitrogen and oxygen atoms in total. The molecule has 0 amide bonds. The van der Waals surface area contributed by atoms with Crippen molar-refractivity contribution in [3.8, 4) is 0 Å². The van der Waals surface area contributed by atoms with Crippen molar-refractivity contribution >= 4 is 32.3 Å². The summed E-state index contributed by atoms with van der Waals surface area (Å²) in [6, 6.07) is 5.99. The second kappa shape index (κ2) is 3.93. The maximum absolute atomic E-state index is 11.0. The lowest BCUT2D eigenvalue weighted by Gasteiger charge is -2.04. The zero-order valence-electron chi connectivity index (χ0n) is 8.90. The van der Waals surface area contributed by atoms with Crippen molar-refractivity contribution < 1.29 is 17.9 Å². The molecule has 8 heteroatoms. The number of fused-ring (bicyclic) bond motifs is 1. The molecule has 0 aliphatic rings. The monoisotopic (exact) mass is 268 g/mol. The number of nitrogens with two attached hydrogens (primary N) is 1. The Kier molecular flexibility index (Phi) is 2.68. The van der Waals surface area contributed by atoms with Gasteiger partial charge >= 0.3 is 0 Å². The van der Waals surface area contributed by atoms with Crippen LogP contribution in [0.15, 0.2) is 35.2 Å². The van der Waals surface area contributed by atoms with Gasteiger partial charge in [-0.2, -0.15) is 8.42 Å². The lowest BCUT2D eigenvalue weighted by Crippen LogP contribution is -1.99. The maximum atomic E-state index is 11.0. The van der Waals surface area contributed by atoms with Gasteiger partial charge in [0.25, 0.3) is 15.8 Å². The van der Waals surface area contributed by atoms with Crippen LogP contribution in [0.3, 0.4) is 0 Å². The van der Waals surface area contributed by atoms with Crippen molar-refractivity contribution in [2.24, 2.45) is 0 Å². The highest BCUT2D eigenvalue weighted by atomic mass is 32.2. The van der Waals surface area contributed by atoms with E-state index in [1.54, 1.807) is 0 Å². The molecule has 0 unspecified atom stereocenters. The highest BCUT2D eigenvalue weighted by Crippen LogP contribution is 2.31. The Bertz CT molecular complexity index is 754. The molecular weight excluding hydrogens is 260 g/mol. The molecule has 0 fully saturated rings. The zero-order valence-corrected chi connectivity index (χ0v) is 9.72. The van der Waals surface area contributed by atoms with Gasteiger partial charge in [0.05, 0.1) is 15.2 Å². The molecule has 2 aromatic rings. The van der Waals surface area contributed by atoms with Gasteiger partial charge in [0.1, 0.15) is 0 Å². The van der Waals surface area contributed by atoms with E-state index in [0.717, 1.165) is 12.1 Å². The summed E-state index contributed by atoms with van der Waals surface area (Å²) >= 11 is 0. The number of nitro groups is 1. The summed E-state index contributed by atoms with van der Waals surface area (Å²) in [4.78, 5) is 9.86. The Labute approximate surface area is 102 Å². The van der Waals surface area contributed by atoms with Gasteiger partial charge in [-0.05, 0) is 24.3 Å². The lowest BCUT2D eigenvalue weighted by molar-refractivity contribution is -0.383. The van der Waals surface area contributed by atoms with Gasteiger partial charge in [-0.25, -0.2) is 0 Å². The number of anilines is 1. The van der Waals surface area contributed by atoms with Gasteiger partial charge in [-0.15, -0.1) is 0 Å². The molecule has 2 rings (SSSR count). The second-order valence-electron chi connectivity index (χ2n) is 3.61. The molecular formula is C10H8N2O5S. The minimum atomic E-state index is -4.37. The summed E-state index contributed by atoms with van der Waals surface area (Å²) in [6.45, 7) is 0. The quantitative estimate of drug-likeness (QED) is 0.369. The first-order valence-corrected chi connectivity index (χ1v) is 6.19. The third-order valence-electron chi connectivity index (χ3n) is 2.49. The molecule has 18 heavy (non-hydrogen) atoms. The molecule has 0 radical (unpaired) electrons. The van der Waals surface area contributed by atoms with Gasteiger partial charge < -0.3 is 5.73 Å². The Morgan fingerprint density at radius 3 is 2.39 bits per heavy atom. The Morgan fingerprint density at radius 2 is 1.83 bits per heavy atom. The van der Waals surface area contributed by atoms with Gasteiger partial charge in [-0.3, -0.25) is 14.7 Å². The molecule has 2 aromatic carbocycles. The molecule has 0 atom stereocenters. The number of nitrogen functional groups attached to an aromatic ring is 1. The molecule has 0 aromatic heterocycles. The lowest BCUT2D eigenvalue weighted by atomic mass is 10.1. The fraction of sp³-hybridized carbons (Fsp3) is 0. The summed E-state index contributed by atoms with van der Waals surface area (Å²) in [7, 11) is -4.37. The first-order valence-electron chi connectivity index (χ1n) is 4.75. The van der Waals surface area contributed by atoms with E-state index in [2.05, 4.69) is 0 Å². The van der Waals surface area contributed by atoms with Gasteiger partial charge in [0, 0.05) is 17.1 Å². The van der Waals surface area contributed by atoms with Gasteiger partial charge in [0.2, 0.25) is 0 Å². The minimum Gasteiger partial charge on any atom is -0.398 e. The van der Waals surface area contributed by atoms with Crippen LogP contribution >= 0.6 is 0 Å². The average Bonchev–Trinajstić information content (AvgIpc) is 2.27. The maximum Gasteiger partial charge on any atom is 0.294 e. The number of non-ortho nitro benzene ring substituents is 1. The van der Waals surface area contributed by atoms with E-state index in [-0.39, 0.29) is 27.0 Å². The number of hydrogen-bond donors (Lipinski definition) is 2. The van der Waals surface area contributed by atoms with E-state index < -0.39 is 15.0 Å². The number of hydrogen-bond acceptors (Lipinski definition) is 5. The topological polar surface area (TPSA) is 124 Å². The van der Waals surface area contributed by atoms with Crippen molar-refractivity contribution in [3.63, 3.8) is 0 Å². The third-order valence-corrected chi connectivity index (χ3v) is 3.34.